The molecule has 43 heavy (non-hydrogen) atoms. The monoisotopic (exact) mass is 621 g/mol. The zero-order valence-corrected chi connectivity index (χ0v) is 26.3. The van der Waals surface area contributed by atoms with Crippen LogP contribution in [-0.2, 0) is 16.1 Å². The summed E-state index contributed by atoms with van der Waals surface area (Å²) in [5.41, 5.74) is 3.81. The minimum Gasteiger partial charge on any atom is -0.490 e. The SMILES string of the molecule is CCN(Cc1ccccc1Cl)C(=O)C1C2=N[C@H](CC(c3ccc(OCCOc4ccc(Cl)cc4C)cc3)C2)CN1C(C)=O. The van der Waals surface area contributed by atoms with Crippen LogP contribution in [0.5, 0.6) is 11.5 Å². The number of hydrogen-bond donors (Lipinski definition) is 0. The van der Waals surface area contributed by atoms with Gasteiger partial charge in [-0.3, -0.25) is 14.6 Å². The second kappa shape index (κ2) is 13.8. The molecule has 2 unspecified atom stereocenters. The van der Waals surface area contributed by atoms with E-state index in [1.165, 1.54) is 12.5 Å². The lowest BCUT2D eigenvalue weighted by atomic mass is 9.80. The maximum Gasteiger partial charge on any atom is 0.251 e. The third-order valence-electron chi connectivity index (χ3n) is 8.14. The minimum atomic E-state index is -0.703. The highest BCUT2D eigenvalue weighted by Crippen LogP contribution is 2.36. The summed E-state index contributed by atoms with van der Waals surface area (Å²) in [6.07, 6.45) is 1.44. The van der Waals surface area contributed by atoms with Gasteiger partial charge >= 0.3 is 0 Å². The molecule has 3 aromatic carbocycles. The number of benzene rings is 3. The van der Waals surface area contributed by atoms with E-state index in [2.05, 4.69) is 12.1 Å². The zero-order chi connectivity index (χ0) is 30.5. The molecule has 9 heteroatoms. The number of fused-ring (bicyclic) bond motifs is 1. The van der Waals surface area contributed by atoms with Gasteiger partial charge in [-0.15, -0.1) is 0 Å². The molecule has 2 aliphatic rings. The quantitative estimate of drug-likeness (QED) is 0.235. The molecule has 2 bridgehead atoms. The summed E-state index contributed by atoms with van der Waals surface area (Å²) in [5.74, 6) is 1.53. The molecule has 7 nitrogen and oxygen atoms in total. The van der Waals surface area contributed by atoms with Crippen LogP contribution in [-0.4, -0.2) is 65.7 Å². The van der Waals surface area contributed by atoms with Crippen LogP contribution in [0.4, 0.5) is 0 Å². The van der Waals surface area contributed by atoms with Crippen molar-refractivity contribution in [3.63, 3.8) is 0 Å². The molecule has 0 N–H and O–H groups in total. The highest BCUT2D eigenvalue weighted by Gasteiger charge is 2.43. The molecular formula is C34H37Cl2N3O4. The van der Waals surface area contributed by atoms with Gasteiger partial charge in [0.15, 0.2) is 0 Å². The molecule has 2 amide bonds. The third kappa shape index (κ3) is 7.34. The van der Waals surface area contributed by atoms with Gasteiger partial charge in [0, 0.05) is 42.3 Å². The zero-order valence-electron chi connectivity index (χ0n) is 24.8. The lowest BCUT2D eigenvalue weighted by Gasteiger charge is -2.43. The van der Waals surface area contributed by atoms with Crippen molar-refractivity contribution in [2.75, 3.05) is 26.3 Å². The van der Waals surface area contributed by atoms with Crippen molar-refractivity contribution in [3.05, 3.63) is 93.5 Å². The molecule has 0 aliphatic carbocycles. The molecule has 3 aromatic rings. The number of rotatable bonds is 10. The Balaban J connectivity index is 1.23. The maximum atomic E-state index is 14.0. The van der Waals surface area contributed by atoms with Crippen LogP contribution in [0, 0.1) is 6.92 Å². The van der Waals surface area contributed by atoms with Gasteiger partial charge in [0.25, 0.3) is 5.91 Å². The Morgan fingerprint density at radius 3 is 2.47 bits per heavy atom. The van der Waals surface area contributed by atoms with Crippen molar-refractivity contribution >= 4 is 40.7 Å². The van der Waals surface area contributed by atoms with E-state index in [9.17, 15) is 9.59 Å². The first-order valence-electron chi connectivity index (χ1n) is 14.7. The second-order valence-electron chi connectivity index (χ2n) is 11.1. The lowest BCUT2D eigenvalue weighted by Crippen LogP contribution is -2.60. The van der Waals surface area contributed by atoms with E-state index in [0.717, 1.165) is 34.8 Å². The van der Waals surface area contributed by atoms with Gasteiger partial charge in [-0.1, -0.05) is 53.5 Å². The second-order valence-corrected chi connectivity index (χ2v) is 11.9. The first kappa shape index (κ1) is 30.9. The lowest BCUT2D eigenvalue weighted by molar-refractivity contribution is -0.143. The molecule has 226 valence electrons. The Morgan fingerprint density at radius 1 is 1.02 bits per heavy atom. The fourth-order valence-corrected chi connectivity index (χ4v) is 6.35. The molecule has 2 heterocycles. The highest BCUT2D eigenvalue weighted by molar-refractivity contribution is 6.31. The van der Waals surface area contributed by atoms with Crippen molar-refractivity contribution in [1.29, 1.82) is 0 Å². The molecule has 2 aliphatic heterocycles. The highest BCUT2D eigenvalue weighted by atomic mass is 35.5. The molecule has 5 rings (SSSR count). The molecule has 0 aromatic heterocycles. The first-order chi connectivity index (χ1) is 20.7. The van der Waals surface area contributed by atoms with Crippen LogP contribution in [0.3, 0.4) is 0 Å². The number of carbonyl (C=O) groups excluding carboxylic acids is 2. The van der Waals surface area contributed by atoms with Gasteiger partial charge in [0.1, 0.15) is 30.8 Å². The number of amides is 2. The number of nitrogens with zero attached hydrogens (tertiary/aromatic N) is 3. The Hall–Kier alpha value is -3.55. The molecule has 0 fully saturated rings. The van der Waals surface area contributed by atoms with E-state index in [-0.39, 0.29) is 23.8 Å². The predicted octanol–water partition coefficient (Wildman–Crippen LogP) is 6.73. The fourth-order valence-electron chi connectivity index (χ4n) is 5.93. The average molecular weight is 623 g/mol. The number of aryl methyl sites for hydroxylation is 1. The standard InChI is InChI=1S/C34H37Cl2N3O4/c1-4-38(20-25-7-5-6-8-30(25)36)34(41)33-31-19-26(18-28(37-31)21-39(33)23(3)40)24-9-12-29(13-10-24)42-15-16-43-32-14-11-27(35)17-22(32)2/h5-14,17,26,28,33H,4,15-16,18-21H2,1-3H3/t26?,28-,33?/m1/s1. The summed E-state index contributed by atoms with van der Waals surface area (Å²) in [5, 5.41) is 1.30. The normalized spacial score (nSPS) is 19.4. The Labute approximate surface area is 263 Å². The van der Waals surface area contributed by atoms with E-state index < -0.39 is 6.04 Å². The van der Waals surface area contributed by atoms with E-state index >= 15 is 0 Å². The summed E-state index contributed by atoms with van der Waals surface area (Å²) >= 11 is 12.4. The Bertz CT molecular complexity index is 1490. The third-order valence-corrected chi connectivity index (χ3v) is 8.75. The van der Waals surface area contributed by atoms with E-state index in [1.54, 1.807) is 9.80 Å². The maximum absolute atomic E-state index is 14.0. The molecule has 3 atom stereocenters. The first-order valence-corrected chi connectivity index (χ1v) is 15.5. The van der Waals surface area contributed by atoms with Crippen LogP contribution in [0.25, 0.3) is 0 Å². The van der Waals surface area contributed by atoms with Crippen LogP contribution >= 0.6 is 23.2 Å². The van der Waals surface area contributed by atoms with E-state index in [1.807, 2.05) is 68.4 Å². The van der Waals surface area contributed by atoms with Gasteiger partial charge in [0.05, 0.1) is 6.04 Å². The largest absolute Gasteiger partial charge is 0.490 e. The van der Waals surface area contributed by atoms with Crippen LogP contribution < -0.4 is 9.47 Å². The number of halogens is 2. The molecule has 0 saturated carbocycles. The van der Waals surface area contributed by atoms with E-state index in [0.29, 0.717) is 49.3 Å². The van der Waals surface area contributed by atoms with Gasteiger partial charge < -0.3 is 19.3 Å². The van der Waals surface area contributed by atoms with Crippen molar-refractivity contribution in [2.45, 2.75) is 58.2 Å². The molecule has 0 radical (unpaired) electrons. The number of likely N-dealkylation sites (tertiary alicyclic amines) is 1. The van der Waals surface area contributed by atoms with Crippen molar-refractivity contribution in [2.24, 2.45) is 4.99 Å². The number of ether oxygens (including phenoxy) is 2. The number of hydrogen-bond acceptors (Lipinski definition) is 5. The topological polar surface area (TPSA) is 71.4 Å². The van der Waals surface area contributed by atoms with Crippen LogP contribution in [0.2, 0.25) is 10.0 Å². The summed E-state index contributed by atoms with van der Waals surface area (Å²) in [6.45, 7) is 7.58. The number of aliphatic imine (C=N–C) groups is 1. The summed E-state index contributed by atoms with van der Waals surface area (Å²) in [7, 11) is 0. The number of likely N-dealkylation sites (N-methyl/N-ethyl adjacent to an activating group) is 1. The van der Waals surface area contributed by atoms with Gasteiger partial charge in [-0.05, 0) is 85.7 Å². The van der Waals surface area contributed by atoms with Gasteiger partial charge in [0.2, 0.25) is 5.91 Å². The Morgan fingerprint density at radius 2 is 1.77 bits per heavy atom. The smallest absolute Gasteiger partial charge is 0.251 e. The van der Waals surface area contributed by atoms with Crippen LogP contribution in [0.15, 0.2) is 71.7 Å². The molecule has 0 saturated heterocycles. The Kier molecular flexibility index (Phi) is 9.93. The summed E-state index contributed by atoms with van der Waals surface area (Å²) < 4.78 is 11.7. The predicted molar refractivity (Wildman–Crippen MR) is 171 cm³/mol. The fraction of sp³-hybridized carbons (Fsp3) is 0.382. The number of carbonyl (C=O) groups is 2. The summed E-state index contributed by atoms with van der Waals surface area (Å²) in [6, 6.07) is 20.5. The van der Waals surface area contributed by atoms with Crippen molar-refractivity contribution in [3.8, 4) is 11.5 Å². The van der Waals surface area contributed by atoms with Gasteiger partial charge in [-0.25, -0.2) is 0 Å². The van der Waals surface area contributed by atoms with Crippen molar-refractivity contribution in [1.82, 2.24) is 9.80 Å². The molecular weight excluding hydrogens is 585 g/mol. The van der Waals surface area contributed by atoms with Crippen LogP contribution in [0.1, 0.15) is 49.3 Å². The van der Waals surface area contributed by atoms with Gasteiger partial charge in [-0.2, -0.15) is 0 Å². The average Bonchev–Trinajstić information content (AvgIpc) is 2.99. The van der Waals surface area contributed by atoms with Crippen molar-refractivity contribution < 1.29 is 19.1 Å². The summed E-state index contributed by atoms with van der Waals surface area (Å²) in [4.78, 5) is 35.1. The van der Waals surface area contributed by atoms with E-state index in [4.69, 9.17) is 37.7 Å². The molecule has 0 spiro atoms. The minimum absolute atomic E-state index is 0.0373.